The van der Waals surface area contributed by atoms with Crippen LogP contribution in [0.2, 0.25) is 13.1 Å². The van der Waals surface area contributed by atoms with Crippen LogP contribution in [0.3, 0.4) is 0 Å². The van der Waals surface area contributed by atoms with Crippen LogP contribution in [0.4, 0.5) is 0 Å². The second-order valence-corrected chi connectivity index (χ2v) is 54.8. The standard InChI is InChI=1S/C66H62Br2O14Si11/c1-85(53-51-55-43-47-57(67)48-44-55)72-87(69-83,60-29-13-4-14-30-60)76-92(65-39-23-9-24-40-65)77-88(61-31-15-5-16-32-61)70-84(59-27-11-3-12-28-59)71-89(62-33-17-6-18-34-62)78-90(74-85,63-35-19-7-20-36-63)80-93(82-92,66-41-25-10-26-42-66)81-91(79-89,64-37-21-8-22-38-64)75-86(2,73-88)54-52-56-45-49-58(68)50-46-56/h3-54,84H,1-2,83H3/t84?,85?,86?,87?,88?,89?,90?,91?,92-,93+/m1/s1. The first-order valence-corrected chi connectivity index (χ1v) is 50.9. The summed E-state index contributed by atoms with van der Waals surface area (Å²) in [6, 6.07) is 94.1. The molecule has 27 heteroatoms. The molecule has 0 saturated carbocycles. The van der Waals surface area contributed by atoms with E-state index in [2.05, 4.69) is 31.9 Å². The molecule has 0 radical (unpaired) electrons. The third-order valence-corrected chi connectivity index (χ3v) is 58.9. The summed E-state index contributed by atoms with van der Waals surface area (Å²) in [4.78, 5) is 0. The Bertz CT molecular complexity index is 4260. The topological polar surface area (TPSA) is 129 Å². The van der Waals surface area contributed by atoms with E-state index in [0.717, 1.165) is 20.1 Å². The van der Waals surface area contributed by atoms with E-state index in [0.29, 0.717) is 41.5 Å². The number of fused-ring (bicyclic) bond motifs is 6. The number of halogens is 2. The van der Waals surface area contributed by atoms with Crippen molar-refractivity contribution in [1.29, 1.82) is 0 Å². The third-order valence-electron chi connectivity index (χ3n) is 15.9. The highest BCUT2D eigenvalue weighted by Gasteiger charge is 2.79. The molecular formula is C66H62Br2O14Si11. The van der Waals surface area contributed by atoms with Gasteiger partial charge in [0.05, 0.1) is 0 Å². The Labute approximate surface area is 572 Å². The second-order valence-electron chi connectivity index (χ2n) is 22.6. The maximum absolute atomic E-state index is 8.69. The van der Waals surface area contributed by atoms with Gasteiger partial charge in [0.1, 0.15) is 10.5 Å². The highest BCUT2D eigenvalue weighted by atomic mass is 79.9. The smallest absolute Gasteiger partial charge is 0.422 e. The second kappa shape index (κ2) is 26.8. The van der Waals surface area contributed by atoms with Crippen LogP contribution in [-0.2, 0) is 57.6 Å². The minimum Gasteiger partial charge on any atom is -0.422 e. The van der Waals surface area contributed by atoms with Crippen molar-refractivity contribution in [3.05, 3.63) is 323 Å². The molecule has 4 fully saturated rings. The lowest BCUT2D eigenvalue weighted by molar-refractivity contribution is 0.0568. The highest BCUT2D eigenvalue weighted by molar-refractivity contribution is 9.10. The van der Waals surface area contributed by atoms with Crippen molar-refractivity contribution < 1.29 is 57.6 Å². The van der Waals surface area contributed by atoms with E-state index >= 15 is 0 Å². The first kappa shape index (κ1) is 64.8. The van der Waals surface area contributed by atoms with Gasteiger partial charge in [-0.2, -0.15) is 0 Å². The Balaban J connectivity index is 1.23. The van der Waals surface area contributed by atoms with Crippen molar-refractivity contribution >= 4 is 184 Å². The van der Waals surface area contributed by atoms with Gasteiger partial charge in [-0.05, 0) is 65.1 Å². The molecule has 4 aliphatic heterocycles. The summed E-state index contributed by atoms with van der Waals surface area (Å²) < 4.78 is 120. The van der Waals surface area contributed by atoms with Gasteiger partial charge in [-0.25, -0.2) is 0 Å². The normalized spacial score (nSPS) is 30.6. The molecule has 0 amide bonds. The molecule has 14 rings (SSSR count). The molecule has 4 aliphatic rings. The molecule has 468 valence electrons. The van der Waals surface area contributed by atoms with Crippen molar-refractivity contribution in [2.45, 2.75) is 13.1 Å². The van der Waals surface area contributed by atoms with E-state index in [1.165, 1.54) is 0 Å². The van der Waals surface area contributed by atoms with Crippen LogP contribution >= 0.6 is 31.9 Å². The van der Waals surface area contributed by atoms with Gasteiger partial charge in [-0.1, -0.05) is 311 Å². The Morgan fingerprint density at radius 3 is 0.903 bits per heavy atom. The molecule has 10 aromatic rings. The third kappa shape index (κ3) is 13.3. The maximum atomic E-state index is 8.69. The molecule has 4 saturated heterocycles. The van der Waals surface area contributed by atoms with Crippen LogP contribution in [0, 0.1) is 0 Å². The zero-order valence-electron chi connectivity index (χ0n) is 50.6. The number of rotatable bonds is 13. The fraction of sp³-hybridized carbons (Fsp3) is 0.0303. The summed E-state index contributed by atoms with van der Waals surface area (Å²) in [6.07, 6.45) is 4.01. The van der Waals surface area contributed by atoms with Crippen LogP contribution in [0.1, 0.15) is 11.1 Å². The Hall–Kier alpha value is -5.53. The average molecular weight is 1550 g/mol. The molecule has 8 unspecified atom stereocenters. The van der Waals surface area contributed by atoms with E-state index in [9.17, 15) is 0 Å². The molecule has 0 spiro atoms. The minimum atomic E-state index is -5.31. The van der Waals surface area contributed by atoms with Crippen molar-refractivity contribution in [2.75, 3.05) is 0 Å². The van der Waals surface area contributed by atoms with E-state index in [-0.39, 0.29) is 10.5 Å². The van der Waals surface area contributed by atoms with E-state index in [4.69, 9.17) is 57.6 Å². The molecule has 10 atom stereocenters. The molecule has 10 aromatic carbocycles. The van der Waals surface area contributed by atoms with Gasteiger partial charge < -0.3 is 57.6 Å². The highest BCUT2D eigenvalue weighted by Crippen LogP contribution is 2.44. The molecule has 93 heavy (non-hydrogen) atoms. The van der Waals surface area contributed by atoms with Gasteiger partial charge in [0.25, 0.3) is 0 Å². The lowest BCUT2D eigenvalue weighted by Crippen LogP contribution is -2.89. The monoisotopic (exact) mass is 1540 g/mol. The lowest BCUT2D eigenvalue weighted by Gasteiger charge is -2.57. The van der Waals surface area contributed by atoms with Gasteiger partial charge in [-0.15, -0.1) is 0 Å². The summed E-state index contributed by atoms with van der Waals surface area (Å²) in [5.41, 5.74) is 5.72. The van der Waals surface area contributed by atoms with Crippen LogP contribution in [-0.4, -0.2) is 98.5 Å². The van der Waals surface area contributed by atoms with Gasteiger partial charge in [0.2, 0.25) is 0 Å². The Morgan fingerprint density at radius 2 is 0.559 bits per heavy atom. The summed E-state index contributed by atoms with van der Waals surface area (Å²) in [6.45, 7) is 3.96. The summed E-state index contributed by atoms with van der Waals surface area (Å²) in [7, 11) is -48.1. The van der Waals surface area contributed by atoms with Crippen LogP contribution in [0.25, 0.3) is 12.2 Å². The summed E-state index contributed by atoms with van der Waals surface area (Å²) >= 11 is 7.34. The predicted octanol–water partition coefficient (Wildman–Crippen LogP) is 7.78. The van der Waals surface area contributed by atoms with E-state index in [1.54, 1.807) is 0 Å². The fourth-order valence-electron chi connectivity index (χ4n) is 11.5. The van der Waals surface area contributed by atoms with Crippen molar-refractivity contribution in [2.24, 2.45) is 0 Å². The minimum absolute atomic E-state index is 0.0688. The molecule has 0 aliphatic carbocycles. The summed E-state index contributed by atoms with van der Waals surface area (Å²) in [5.74, 6) is 0. The quantitative estimate of drug-likeness (QED) is 0.104. The van der Waals surface area contributed by atoms with Gasteiger partial charge in [0.15, 0.2) is 0 Å². The van der Waals surface area contributed by atoms with Crippen molar-refractivity contribution in [1.82, 2.24) is 0 Å². The number of hydrogen-bond acceptors (Lipinski definition) is 14. The first-order chi connectivity index (χ1) is 45.2. The SMILES string of the molecule is C[Si]1(C=Cc2ccc(Br)cc2)O[Si](O[SiH3])(c2ccccc2)O[Si@]2(c3ccccc3)O[Si]3(c4ccccc4)O[SiH](c4ccccc4)O[Si]4(c5ccccc5)O[Si](c5ccccc5)(O1)O[Si@@](c1ccccc1)(O[Si](c1ccccc1)(O[Si](C)(C=Cc1ccc(Br)cc1)O3)O4)O2. The van der Waals surface area contributed by atoms with Gasteiger partial charge in [0, 0.05) is 45.3 Å². The largest absolute Gasteiger partial charge is 0.515 e. The Morgan fingerprint density at radius 1 is 0.301 bits per heavy atom. The van der Waals surface area contributed by atoms with Gasteiger partial charge in [-0.3, -0.25) is 0 Å². The van der Waals surface area contributed by atoms with E-state index < -0.39 is 88.0 Å². The van der Waals surface area contributed by atoms with Crippen molar-refractivity contribution in [3.8, 4) is 0 Å². The maximum Gasteiger partial charge on any atom is 0.515 e. The van der Waals surface area contributed by atoms with Gasteiger partial charge >= 0.3 is 88.0 Å². The summed E-state index contributed by atoms with van der Waals surface area (Å²) in [5, 5.41) is 4.39. The fourth-order valence-corrected chi connectivity index (χ4v) is 65.6. The zero-order chi connectivity index (χ0) is 63.7. The van der Waals surface area contributed by atoms with Crippen LogP contribution in [0.5, 0.6) is 0 Å². The molecule has 14 nitrogen and oxygen atoms in total. The number of benzene rings is 10. The predicted molar refractivity (Wildman–Crippen MR) is 391 cm³/mol. The number of hydrogen-bond donors (Lipinski definition) is 0. The van der Waals surface area contributed by atoms with E-state index in [1.807, 2.05) is 328 Å². The Kier molecular flexibility index (Phi) is 18.7. The molecule has 6 bridgehead atoms. The zero-order valence-corrected chi connectivity index (χ0v) is 65.9. The molecule has 0 N–H and O–H groups in total. The van der Waals surface area contributed by atoms with Crippen LogP contribution < -0.4 is 41.5 Å². The molecule has 0 aromatic heterocycles. The van der Waals surface area contributed by atoms with Crippen molar-refractivity contribution in [3.63, 3.8) is 0 Å². The molecule has 4 heterocycles. The van der Waals surface area contributed by atoms with Crippen LogP contribution in [0.15, 0.2) is 312 Å². The first-order valence-electron chi connectivity index (χ1n) is 30.1. The molecular weight excluding hydrogens is 1490 g/mol. The average Bonchev–Trinajstić information content (AvgIpc) is 0.691. The lowest BCUT2D eigenvalue weighted by atomic mass is 10.2.